The number of hydrogen-bond acceptors (Lipinski definition) is 4. The zero-order valence-corrected chi connectivity index (χ0v) is 8.76. The van der Waals surface area contributed by atoms with Crippen LogP contribution in [0.25, 0.3) is 0 Å². The van der Waals surface area contributed by atoms with E-state index in [2.05, 4.69) is 9.35 Å². The van der Waals surface area contributed by atoms with Crippen molar-refractivity contribution in [1.29, 1.82) is 0 Å². The molecular formula is C8H13N3OS. The van der Waals surface area contributed by atoms with E-state index in [0.717, 1.165) is 5.56 Å². The van der Waals surface area contributed by atoms with Gasteiger partial charge in [0.25, 0.3) is 0 Å². The van der Waals surface area contributed by atoms with Crippen LogP contribution in [0.3, 0.4) is 0 Å². The Morgan fingerprint density at radius 1 is 1.62 bits per heavy atom. The lowest BCUT2D eigenvalue weighted by Crippen LogP contribution is -2.04. The molecule has 0 aromatic carbocycles. The fourth-order valence-corrected chi connectivity index (χ4v) is 2.00. The van der Waals surface area contributed by atoms with E-state index < -0.39 is 9.73 Å². The number of pyridine rings is 1. The quantitative estimate of drug-likeness (QED) is 0.735. The molecule has 0 saturated heterocycles. The van der Waals surface area contributed by atoms with Gasteiger partial charge in [-0.2, -0.15) is 0 Å². The Labute approximate surface area is 78.4 Å². The van der Waals surface area contributed by atoms with Crippen LogP contribution < -0.4 is 5.73 Å². The number of nitrogens with zero attached hydrogens (tertiary/aromatic N) is 2. The maximum atomic E-state index is 11.8. The highest BCUT2D eigenvalue weighted by atomic mass is 32.2. The standard InChI is InChI=1S/C8H13N3OS/c1-6-4-7(8(9)11-5-6)13(3,12)10-2/h4-5H,1-3H3,(H2,9,11). The smallest absolute Gasteiger partial charge is 0.140 e. The monoisotopic (exact) mass is 199 g/mol. The molecule has 4 nitrogen and oxygen atoms in total. The molecule has 0 spiro atoms. The van der Waals surface area contributed by atoms with Crippen molar-refractivity contribution in [1.82, 2.24) is 4.98 Å². The molecule has 1 rings (SSSR count). The zero-order valence-electron chi connectivity index (χ0n) is 7.94. The van der Waals surface area contributed by atoms with Crippen molar-refractivity contribution in [3.05, 3.63) is 17.8 Å². The fourth-order valence-electron chi connectivity index (χ4n) is 0.955. The van der Waals surface area contributed by atoms with Crippen LogP contribution in [0.2, 0.25) is 0 Å². The number of nitrogen functional groups attached to an aromatic ring is 1. The second-order valence-electron chi connectivity index (χ2n) is 2.88. The average molecular weight is 199 g/mol. The van der Waals surface area contributed by atoms with Crippen molar-refractivity contribution in [2.24, 2.45) is 4.36 Å². The lowest BCUT2D eigenvalue weighted by molar-refractivity contribution is 0.680. The third-order valence-corrected chi connectivity index (χ3v) is 3.61. The molecule has 0 fully saturated rings. The zero-order chi connectivity index (χ0) is 10.1. The number of anilines is 1. The topological polar surface area (TPSA) is 68.3 Å². The van der Waals surface area contributed by atoms with Gasteiger partial charge >= 0.3 is 0 Å². The Balaban J connectivity index is 3.47. The molecule has 1 unspecified atom stereocenters. The summed E-state index contributed by atoms with van der Waals surface area (Å²) in [5.74, 6) is 0.295. The van der Waals surface area contributed by atoms with Crippen LogP contribution in [0.1, 0.15) is 5.56 Å². The minimum atomic E-state index is -2.36. The van der Waals surface area contributed by atoms with E-state index in [9.17, 15) is 4.21 Å². The van der Waals surface area contributed by atoms with Crippen LogP contribution in [0, 0.1) is 6.92 Å². The summed E-state index contributed by atoms with van der Waals surface area (Å²) in [6.45, 7) is 1.88. The van der Waals surface area contributed by atoms with Crippen LogP contribution >= 0.6 is 0 Å². The molecule has 0 saturated carbocycles. The molecule has 0 aliphatic heterocycles. The minimum Gasteiger partial charge on any atom is -0.383 e. The molecule has 13 heavy (non-hydrogen) atoms. The average Bonchev–Trinajstić information content (AvgIpc) is 2.09. The Morgan fingerprint density at radius 3 is 2.77 bits per heavy atom. The Morgan fingerprint density at radius 2 is 2.23 bits per heavy atom. The third kappa shape index (κ3) is 1.98. The first-order chi connectivity index (χ1) is 5.97. The normalized spacial score (nSPS) is 15.0. The van der Waals surface area contributed by atoms with E-state index in [1.165, 1.54) is 7.05 Å². The van der Waals surface area contributed by atoms with E-state index in [1.807, 2.05) is 6.92 Å². The molecule has 1 aromatic rings. The lowest BCUT2D eigenvalue weighted by atomic mass is 10.3. The van der Waals surface area contributed by atoms with E-state index >= 15 is 0 Å². The number of aromatic nitrogens is 1. The molecule has 0 radical (unpaired) electrons. The molecule has 0 aliphatic carbocycles. The summed E-state index contributed by atoms with van der Waals surface area (Å²) in [7, 11) is -0.846. The molecule has 5 heteroatoms. The van der Waals surface area contributed by atoms with Crippen LogP contribution in [-0.2, 0) is 9.73 Å². The summed E-state index contributed by atoms with van der Waals surface area (Å²) in [4.78, 5) is 4.45. The molecule has 0 aliphatic rings. The molecule has 0 bridgehead atoms. The predicted molar refractivity (Wildman–Crippen MR) is 54.1 cm³/mol. The van der Waals surface area contributed by atoms with Gasteiger partial charge in [0.1, 0.15) is 5.82 Å². The highest BCUT2D eigenvalue weighted by Gasteiger charge is 2.09. The first kappa shape index (κ1) is 9.98. The molecule has 72 valence electrons. The van der Waals surface area contributed by atoms with Crippen LogP contribution in [-0.4, -0.2) is 22.5 Å². The Bertz CT molecular complexity index is 433. The first-order valence-corrected chi connectivity index (χ1v) is 5.72. The van der Waals surface area contributed by atoms with Crippen molar-refractivity contribution in [2.75, 3.05) is 19.0 Å². The van der Waals surface area contributed by atoms with E-state index in [0.29, 0.717) is 10.7 Å². The summed E-state index contributed by atoms with van der Waals surface area (Å²) in [5.41, 5.74) is 6.53. The van der Waals surface area contributed by atoms with E-state index in [1.54, 1.807) is 18.5 Å². The lowest BCUT2D eigenvalue weighted by Gasteiger charge is -2.06. The molecular weight excluding hydrogens is 186 g/mol. The van der Waals surface area contributed by atoms with Crippen molar-refractivity contribution in [2.45, 2.75) is 11.8 Å². The van der Waals surface area contributed by atoms with Crippen molar-refractivity contribution < 1.29 is 4.21 Å². The minimum absolute atomic E-state index is 0.295. The van der Waals surface area contributed by atoms with Gasteiger partial charge < -0.3 is 5.73 Å². The van der Waals surface area contributed by atoms with Gasteiger partial charge in [-0.3, -0.25) is 0 Å². The Hall–Kier alpha value is -1.10. The maximum absolute atomic E-state index is 11.8. The van der Waals surface area contributed by atoms with Crippen LogP contribution in [0.4, 0.5) is 5.82 Å². The molecule has 1 heterocycles. The highest BCUT2D eigenvalue weighted by Crippen LogP contribution is 2.18. The van der Waals surface area contributed by atoms with Gasteiger partial charge in [-0.1, -0.05) is 0 Å². The van der Waals surface area contributed by atoms with Gasteiger partial charge in [0.2, 0.25) is 0 Å². The third-order valence-electron chi connectivity index (χ3n) is 1.77. The molecule has 1 atom stereocenters. The second-order valence-corrected chi connectivity index (χ2v) is 5.29. The summed E-state index contributed by atoms with van der Waals surface area (Å²) in [6.07, 6.45) is 3.20. The highest BCUT2D eigenvalue weighted by molar-refractivity contribution is 7.93. The van der Waals surface area contributed by atoms with Crippen molar-refractivity contribution in [3.63, 3.8) is 0 Å². The van der Waals surface area contributed by atoms with Crippen LogP contribution in [0.15, 0.2) is 21.5 Å². The SMILES string of the molecule is CN=S(C)(=O)c1cc(C)cnc1N. The fraction of sp³-hybridized carbons (Fsp3) is 0.375. The van der Waals surface area contributed by atoms with Gasteiger partial charge in [-0.15, -0.1) is 0 Å². The van der Waals surface area contributed by atoms with Crippen molar-refractivity contribution >= 4 is 15.5 Å². The second kappa shape index (κ2) is 3.33. The van der Waals surface area contributed by atoms with Crippen LogP contribution in [0.5, 0.6) is 0 Å². The number of aryl methyl sites for hydroxylation is 1. The largest absolute Gasteiger partial charge is 0.383 e. The van der Waals surface area contributed by atoms with Gasteiger partial charge in [-0.05, 0) is 18.6 Å². The predicted octanol–water partition coefficient (Wildman–Crippen LogP) is 1.06. The van der Waals surface area contributed by atoms with Gasteiger partial charge in [0.05, 0.1) is 14.6 Å². The Kier molecular flexibility index (Phi) is 2.56. The summed E-state index contributed by atoms with van der Waals surface area (Å²) < 4.78 is 15.6. The van der Waals surface area contributed by atoms with Gasteiger partial charge in [0, 0.05) is 19.5 Å². The van der Waals surface area contributed by atoms with E-state index in [-0.39, 0.29) is 0 Å². The number of nitrogens with two attached hydrogens (primary N) is 1. The molecule has 1 aromatic heterocycles. The van der Waals surface area contributed by atoms with Gasteiger partial charge in [0.15, 0.2) is 0 Å². The molecule has 0 amide bonds. The molecule has 2 N–H and O–H groups in total. The number of hydrogen-bond donors (Lipinski definition) is 1. The summed E-state index contributed by atoms with van der Waals surface area (Å²) in [6, 6.07) is 1.76. The maximum Gasteiger partial charge on any atom is 0.140 e. The van der Waals surface area contributed by atoms with Crippen molar-refractivity contribution in [3.8, 4) is 0 Å². The first-order valence-electron chi connectivity index (χ1n) is 3.80. The summed E-state index contributed by atoms with van der Waals surface area (Å²) >= 11 is 0. The number of rotatable bonds is 1. The summed E-state index contributed by atoms with van der Waals surface area (Å²) in [5, 5.41) is 0. The van der Waals surface area contributed by atoms with E-state index in [4.69, 9.17) is 5.73 Å². The van der Waals surface area contributed by atoms with Gasteiger partial charge in [-0.25, -0.2) is 13.6 Å².